The molecule has 0 bridgehead atoms. The van der Waals surface area contributed by atoms with E-state index in [-0.39, 0.29) is 29.5 Å². The average molecular weight is 496 g/mol. The number of fused-ring (bicyclic) bond motifs is 3. The molecule has 0 aliphatic carbocycles. The van der Waals surface area contributed by atoms with Crippen molar-refractivity contribution in [3.05, 3.63) is 66.1 Å². The summed E-state index contributed by atoms with van der Waals surface area (Å²) in [6.45, 7) is 0.276. The van der Waals surface area contributed by atoms with Gasteiger partial charge in [0.25, 0.3) is 15.9 Å². The number of carbonyl (C=O) groups excluding carboxylic acids is 1. The van der Waals surface area contributed by atoms with Gasteiger partial charge in [-0.1, -0.05) is 18.2 Å². The molecule has 3 heterocycles. The molecule has 5 rings (SSSR count). The minimum Gasteiger partial charge on any atom is -0.394 e. The second-order valence-corrected chi connectivity index (χ2v) is 11.2. The molecular weight excluding hydrogens is 466 g/mol. The van der Waals surface area contributed by atoms with Crippen LogP contribution < -0.4 is 5.32 Å². The largest absolute Gasteiger partial charge is 0.394 e. The third kappa shape index (κ3) is 4.01. The van der Waals surface area contributed by atoms with Crippen LogP contribution in [0.3, 0.4) is 0 Å². The van der Waals surface area contributed by atoms with E-state index in [4.69, 9.17) is 0 Å². The van der Waals surface area contributed by atoms with Crippen molar-refractivity contribution in [3.8, 4) is 11.1 Å². The maximum Gasteiger partial charge on any atom is 0.262 e. The van der Waals surface area contributed by atoms with Gasteiger partial charge in [0.15, 0.2) is 5.03 Å². The number of nitrogens with zero attached hydrogens (tertiary/aromatic N) is 4. The zero-order valence-electron chi connectivity index (χ0n) is 19.9. The molecule has 2 aliphatic heterocycles. The third-order valence-corrected chi connectivity index (χ3v) is 8.72. The maximum atomic E-state index is 13.5. The summed E-state index contributed by atoms with van der Waals surface area (Å²) in [6.07, 6.45) is 3.64. The molecule has 10 heteroatoms. The van der Waals surface area contributed by atoms with Gasteiger partial charge in [-0.05, 0) is 47.4 Å². The minimum atomic E-state index is -3.81. The zero-order valence-corrected chi connectivity index (χ0v) is 20.7. The number of sulfonamides is 1. The Hall–Kier alpha value is -3.21. The first-order valence-electron chi connectivity index (χ1n) is 11.5. The summed E-state index contributed by atoms with van der Waals surface area (Å²) in [5, 5.41) is 13.5. The molecule has 3 aromatic rings. The maximum absolute atomic E-state index is 13.5. The average Bonchev–Trinajstić information content (AvgIpc) is 3.50. The summed E-state index contributed by atoms with van der Waals surface area (Å²) in [7, 11) is 1.36. The van der Waals surface area contributed by atoms with Crippen molar-refractivity contribution in [1.29, 1.82) is 0 Å². The van der Waals surface area contributed by atoms with Gasteiger partial charge in [-0.2, -0.15) is 4.31 Å². The van der Waals surface area contributed by atoms with E-state index in [0.717, 1.165) is 22.4 Å². The van der Waals surface area contributed by atoms with Crippen LogP contribution in [0.1, 0.15) is 28.4 Å². The number of rotatable bonds is 5. The van der Waals surface area contributed by atoms with E-state index in [1.54, 1.807) is 37.8 Å². The van der Waals surface area contributed by atoms with Gasteiger partial charge in [-0.3, -0.25) is 4.79 Å². The van der Waals surface area contributed by atoms with Crippen molar-refractivity contribution in [2.75, 3.05) is 32.6 Å². The Bertz CT molecular complexity index is 1370. The highest BCUT2D eigenvalue weighted by Gasteiger charge is 2.49. The second-order valence-electron chi connectivity index (χ2n) is 9.40. The number of aliphatic hydroxyl groups excluding tert-OH is 1. The molecule has 9 nitrogen and oxygen atoms in total. The molecule has 0 radical (unpaired) electrons. The highest BCUT2D eigenvalue weighted by Crippen LogP contribution is 2.49. The predicted molar refractivity (Wildman–Crippen MR) is 132 cm³/mol. The molecule has 3 atom stereocenters. The van der Waals surface area contributed by atoms with Gasteiger partial charge in [0.05, 0.1) is 25.0 Å². The smallest absolute Gasteiger partial charge is 0.262 e. The van der Waals surface area contributed by atoms with Gasteiger partial charge < -0.3 is 19.9 Å². The van der Waals surface area contributed by atoms with Crippen molar-refractivity contribution in [2.24, 2.45) is 13.0 Å². The number of benzene rings is 2. The number of nitrogens with one attached hydrogen (secondary N) is 1. The Morgan fingerprint density at radius 2 is 1.89 bits per heavy atom. The van der Waals surface area contributed by atoms with Crippen molar-refractivity contribution >= 4 is 21.6 Å². The summed E-state index contributed by atoms with van der Waals surface area (Å²) < 4.78 is 30.3. The quantitative estimate of drug-likeness (QED) is 0.563. The molecule has 2 aliphatic rings. The SMILES string of the molecule is CN(C)C(=O)c1ccc(-c2ccc3c(c2)[C@@H]2[C@@H](CCN2S(=O)(=O)c2cn(C)cn2)[C@H](CO)N3)cc1. The highest BCUT2D eigenvalue weighted by atomic mass is 32.2. The van der Waals surface area contributed by atoms with Crippen LogP contribution in [0.2, 0.25) is 0 Å². The first-order valence-corrected chi connectivity index (χ1v) is 13.0. The van der Waals surface area contributed by atoms with Gasteiger partial charge in [-0.15, -0.1) is 0 Å². The number of hydrogen-bond donors (Lipinski definition) is 2. The lowest BCUT2D eigenvalue weighted by atomic mass is 9.82. The van der Waals surface area contributed by atoms with Crippen molar-refractivity contribution in [3.63, 3.8) is 0 Å². The lowest BCUT2D eigenvalue weighted by Crippen LogP contribution is -2.42. The molecule has 1 amide bonds. The van der Waals surface area contributed by atoms with Crippen LogP contribution in [0.4, 0.5) is 5.69 Å². The zero-order chi connectivity index (χ0) is 24.9. The predicted octanol–water partition coefficient (Wildman–Crippen LogP) is 2.33. The number of anilines is 1. The molecule has 1 aromatic heterocycles. The number of carbonyl (C=O) groups is 1. The first-order chi connectivity index (χ1) is 16.7. The van der Waals surface area contributed by atoms with Gasteiger partial charge in [0.2, 0.25) is 0 Å². The summed E-state index contributed by atoms with van der Waals surface area (Å²) in [5.74, 6) is -0.133. The van der Waals surface area contributed by atoms with Crippen LogP contribution in [-0.4, -0.2) is 71.5 Å². The Morgan fingerprint density at radius 1 is 1.17 bits per heavy atom. The molecule has 2 aromatic carbocycles. The van der Waals surface area contributed by atoms with Crippen molar-refractivity contribution in [2.45, 2.75) is 23.5 Å². The van der Waals surface area contributed by atoms with E-state index in [9.17, 15) is 18.3 Å². The molecule has 1 fully saturated rings. The summed E-state index contributed by atoms with van der Waals surface area (Å²) in [4.78, 5) is 17.9. The van der Waals surface area contributed by atoms with Crippen LogP contribution >= 0.6 is 0 Å². The molecule has 1 saturated heterocycles. The summed E-state index contributed by atoms with van der Waals surface area (Å²) in [5.41, 5.74) is 4.16. The van der Waals surface area contributed by atoms with E-state index in [1.807, 2.05) is 30.3 Å². The molecule has 0 unspecified atom stereocenters. The fraction of sp³-hybridized carbons (Fsp3) is 0.360. The Morgan fingerprint density at radius 3 is 2.51 bits per heavy atom. The van der Waals surface area contributed by atoms with E-state index in [1.165, 1.54) is 21.7 Å². The first kappa shape index (κ1) is 23.5. The van der Waals surface area contributed by atoms with Crippen LogP contribution in [-0.2, 0) is 17.1 Å². The number of amides is 1. The Kier molecular flexibility index (Phi) is 5.90. The summed E-state index contributed by atoms with van der Waals surface area (Å²) in [6, 6.07) is 12.7. The van der Waals surface area contributed by atoms with Crippen molar-refractivity contribution < 1.29 is 18.3 Å². The number of aromatic nitrogens is 2. The lowest BCUT2D eigenvalue weighted by molar-refractivity contribution is 0.0827. The highest BCUT2D eigenvalue weighted by molar-refractivity contribution is 7.89. The molecular formula is C25H29N5O4S. The van der Waals surface area contributed by atoms with Crippen LogP contribution in [0, 0.1) is 5.92 Å². The molecule has 184 valence electrons. The van der Waals surface area contributed by atoms with Crippen LogP contribution in [0.5, 0.6) is 0 Å². The number of hydrogen-bond acceptors (Lipinski definition) is 6. The fourth-order valence-corrected chi connectivity index (χ4v) is 6.81. The Labute approximate surface area is 205 Å². The second kappa shape index (κ2) is 8.78. The van der Waals surface area contributed by atoms with Gasteiger partial charge in [-0.25, -0.2) is 13.4 Å². The minimum absolute atomic E-state index is 0.0265. The molecule has 0 saturated carbocycles. The van der Waals surface area contributed by atoms with E-state index in [2.05, 4.69) is 10.3 Å². The number of aliphatic hydroxyl groups is 1. The third-order valence-electron chi connectivity index (χ3n) is 6.95. The Balaban J connectivity index is 1.55. The van der Waals surface area contributed by atoms with Crippen molar-refractivity contribution in [1.82, 2.24) is 18.8 Å². The normalized spacial score (nSPS) is 21.8. The molecule has 2 N–H and O–H groups in total. The van der Waals surface area contributed by atoms with Gasteiger partial charge in [0.1, 0.15) is 0 Å². The monoisotopic (exact) mass is 495 g/mol. The molecule has 35 heavy (non-hydrogen) atoms. The molecule has 0 spiro atoms. The lowest BCUT2D eigenvalue weighted by Gasteiger charge is -2.38. The number of aryl methyl sites for hydroxylation is 1. The number of imidazole rings is 1. The van der Waals surface area contributed by atoms with Crippen LogP contribution in [0.25, 0.3) is 11.1 Å². The van der Waals surface area contributed by atoms with Gasteiger partial charge in [0, 0.05) is 51.1 Å². The van der Waals surface area contributed by atoms with E-state index < -0.39 is 16.1 Å². The van der Waals surface area contributed by atoms with E-state index in [0.29, 0.717) is 18.5 Å². The summed E-state index contributed by atoms with van der Waals surface area (Å²) >= 11 is 0. The topological polar surface area (TPSA) is 108 Å². The van der Waals surface area contributed by atoms with E-state index >= 15 is 0 Å². The van der Waals surface area contributed by atoms with Gasteiger partial charge >= 0.3 is 0 Å². The fourth-order valence-electron chi connectivity index (χ4n) is 5.18. The van der Waals surface area contributed by atoms with Crippen LogP contribution in [0.15, 0.2) is 60.0 Å². The standard InChI is InChI=1S/C25H29N5O4S/c1-28(2)25(32)17-6-4-16(5-7-17)18-8-9-21-20(12-18)24-19(22(14-31)27-21)10-11-30(24)35(33,34)23-13-29(3)15-26-23/h4-9,12-13,15,19,22,24,27,31H,10-11,14H2,1-3H3/t19-,22-,24-/m0/s1.